The molecule has 1 aromatic rings. The van der Waals surface area contributed by atoms with E-state index in [1.54, 1.807) is 24.3 Å². The smallest absolute Gasteiger partial charge is 0.323 e. The number of esters is 1. The van der Waals surface area contributed by atoms with Crippen LogP contribution < -0.4 is 0 Å². The summed E-state index contributed by atoms with van der Waals surface area (Å²) < 4.78 is 4.59. The summed E-state index contributed by atoms with van der Waals surface area (Å²) in [5.41, 5.74) is 9.14. The highest BCUT2D eigenvalue weighted by Crippen LogP contribution is 2.26. The molecular formula is C12H12N4O2. The molecule has 6 heteroatoms. The third-order valence-electron chi connectivity index (χ3n) is 2.57. The van der Waals surface area contributed by atoms with E-state index >= 15 is 0 Å². The Balaban J connectivity index is 3.08. The highest BCUT2D eigenvalue weighted by Gasteiger charge is 2.29. The zero-order valence-electron chi connectivity index (χ0n) is 9.85. The maximum Gasteiger partial charge on any atom is 0.323 e. The monoisotopic (exact) mass is 244 g/mol. The van der Waals surface area contributed by atoms with Crippen molar-refractivity contribution in [3.8, 4) is 6.07 Å². The van der Waals surface area contributed by atoms with E-state index in [0.29, 0.717) is 0 Å². The Morgan fingerprint density at radius 2 is 2.22 bits per heavy atom. The molecule has 2 atom stereocenters. The predicted octanol–water partition coefficient (Wildman–Crippen LogP) is 2.39. The number of nitrogens with zero attached hydrogens (tertiary/aromatic N) is 4. The Kier molecular flexibility index (Phi) is 5.23. The maximum atomic E-state index is 11.5. The Labute approximate surface area is 104 Å². The van der Waals surface area contributed by atoms with Crippen molar-refractivity contribution >= 4 is 5.97 Å². The van der Waals surface area contributed by atoms with Crippen molar-refractivity contribution in [3.05, 3.63) is 46.3 Å². The lowest BCUT2D eigenvalue weighted by molar-refractivity contribution is -0.144. The first-order valence-electron chi connectivity index (χ1n) is 5.27. The highest BCUT2D eigenvalue weighted by molar-refractivity contribution is 5.76. The van der Waals surface area contributed by atoms with E-state index in [9.17, 15) is 4.79 Å². The topological polar surface area (TPSA) is 98.9 Å². The van der Waals surface area contributed by atoms with Gasteiger partial charge in [-0.05, 0) is 11.1 Å². The minimum Gasteiger partial charge on any atom is -0.468 e. The molecule has 0 N–H and O–H groups in total. The van der Waals surface area contributed by atoms with Gasteiger partial charge in [-0.3, -0.25) is 4.79 Å². The van der Waals surface area contributed by atoms with Gasteiger partial charge in [0.25, 0.3) is 0 Å². The van der Waals surface area contributed by atoms with Crippen molar-refractivity contribution in [2.24, 2.45) is 11.0 Å². The molecule has 0 aliphatic carbocycles. The van der Waals surface area contributed by atoms with Gasteiger partial charge in [0.1, 0.15) is 0 Å². The molecule has 0 spiro atoms. The molecule has 18 heavy (non-hydrogen) atoms. The molecule has 0 aliphatic rings. The summed E-state index contributed by atoms with van der Waals surface area (Å²) in [6, 6.07) is 10.9. The van der Waals surface area contributed by atoms with Crippen LogP contribution in [-0.4, -0.2) is 19.6 Å². The molecule has 0 saturated heterocycles. The van der Waals surface area contributed by atoms with Crippen LogP contribution in [0.3, 0.4) is 0 Å². The molecule has 0 heterocycles. The Morgan fingerprint density at radius 1 is 1.56 bits per heavy atom. The summed E-state index contributed by atoms with van der Waals surface area (Å²) in [6.07, 6.45) is 0. The van der Waals surface area contributed by atoms with Gasteiger partial charge >= 0.3 is 5.97 Å². The van der Waals surface area contributed by atoms with E-state index in [1.165, 1.54) is 7.11 Å². The number of benzene rings is 1. The van der Waals surface area contributed by atoms with Crippen LogP contribution in [0.5, 0.6) is 0 Å². The second-order valence-corrected chi connectivity index (χ2v) is 3.56. The van der Waals surface area contributed by atoms with E-state index in [4.69, 9.17) is 10.8 Å². The van der Waals surface area contributed by atoms with Crippen LogP contribution >= 0.6 is 0 Å². The van der Waals surface area contributed by atoms with Crippen LogP contribution in [0, 0.1) is 17.2 Å². The van der Waals surface area contributed by atoms with Crippen LogP contribution in [0.15, 0.2) is 35.4 Å². The van der Waals surface area contributed by atoms with Gasteiger partial charge in [0.15, 0.2) is 5.92 Å². The largest absolute Gasteiger partial charge is 0.468 e. The zero-order chi connectivity index (χ0) is 13.4. The zero-order valence-corrected chi connectivity index (χ0v) is 9.85. The fourth-order valence-corrected chi connectivity index (χ4v) is 1.66. The van der Waals surface area contributed by atoms with E-state index in [1.807, 2.05) is 12.1 Å². The summed E-state index contributed by atoms with van der Waals surface area (Å²) in [5.74, 6) is -2.11. The number of carbonyl (C=O) groups excluding carboxylic acids is 1. The molecule has 0 saturated carbocycles. The fourth-order valence-electron chi connectivity index (χ4n) is 1.66. The SMILES string of the molecule is COC(=O)C(C#N)C(CN=[N+]=[N-])c1ccccc1. The number of rotatable bonds is 5. The van der Waals surface area contributed by atoms with E-state index in [2.05, 4.69) is 14.8 Å². The molecule has 0 bridgehead atoms. The van der Waals surface area contributed by atoms with Crippen molar-refractivity contribution in [1.29, 1.82) is 5.26 Å². The minimum atomic E-state index is -0.983. The van der Waals surface area contributed by atoms with Gasteiger partial charge in [0.05, 0.1) is 13.2 Å². The van der Waals surface area contributed by atoms with Gasteiger partial charge in [-0.2, -0.15) is 5.26 Å². The van der Waals surface area contributed by atoms with Crippen molar-refractivity contribution in [3.63, 3.8) is 0 Å². The van der Waals surface area contributed by atoms with Crippen molar-refractivity contribution in [2.75, 3.05) is 13.7 Å². The molecule has 0 radical (unpaired) electrons. The molecule has 0 amide bonds. The van der Waals surface area contributed by atoms with Gasteiger partial charge in [-0.1, -0.05) is 35.4 Å². The number of nitriles is 1. The first kappa shape index (κ1) is 13.6. The molecule has 0 aromatic heterocycles. The van der Waals surface area contributed by atoms with Crippen molar-refractivity contribution in [1.82, 2.24) is 0 Å². The molecular weight excluding hydrogens is 232 g/mol. The Bertz CT molecular complexity index is 489. The molecule has 1 aromatic carbocycles. The van der Waals surface area contributed by atoms with Crippen LogP contribution in [0.1, 0.15) is 11.5 Å². The first-order chi connectivity index (χ1) is 8.74. The summed E-state index contributed by atoms with van der Waals surface area (Å²) in [5, 5.41) is 12.5. The maximum absolute atomic E-state index is 11.5. The van der Waals surface area contributed by atoms with Crippen LogP contribution in [0.2, 0.25) is 0 Å². The lowest BCUT2D eigenvalue weighted by atomic mass is 9.87. The molecule has 0 fully saturated rings. The number of methoxy groups -OCH3 is 1. The Morgan fingerprint density at radius 3 is 2.72 bits per heavy atom. The van der Waals surface area contributed by atoms with E-state index in [0.717, 1.165) is 5.56 Å². The van der Waals surface area contributed by atoms with Gasteiger partial charge < -0.3 is 4.74 Å². The third-order valence-corrected chi connectivity index (χ3v) is 2.57. The standard InChI is InChI=1S/C12H12N4O2/c1-18-12(17)10(7-13)11(8-15-16-14)9-5-3-2-4-6-9/h2-6,10-11H,8H2,1H3. The summed E-state index contributed by atoms with van der Waals surface area (Å²) >= 11 is 0. The lowest BCUT2D eigenvalue weighted by Gasteiger charge is -2.18. The second kappa shape index (κ2) is 6.94. The number of ether oxygens (including phenoxy) is 1. The molecule has 0 aliphatic heterocycles. The first-order valence-corrected chi connectivity index (χ1v) is 5.27. The quantitative estimate of drug-likeness (QED) is 0.344. The number of azide groups is 1. The van der Waals surface area contributed by atoms with Gasteiger partial charge in [0.2, 0.25) is 0 Å². The summed E-state index contributed by atoms with van der Waals surface area (Å²) in [7, 11) is 1.22. The number of hydrogen-bond donors (Lipinski definition) is 0. The average molecular weight is 244 g/mol. The third kappa shape index (κ3) is 3.24. The van der Waals surface area contributed by atoms with Crippen molar-refractivity contribution in [2.45, 2.75) is 5.92 Å². The fraction of sp³-hybridized carbons (Fsp3) is 0.333. The minimum absolute atomic E-state index is 0.0356. The summed E-state index contributed by atoms with van der Waals surface area (Å²) in [6.45, 7) is 0.0356. The average Bonchev–Trinajstić information content (AvgIpc) is 2.43. The van der Waals surface area contributed by atoms with Gasteiger partial charge in [-0.15, -0.1) is 0 Å². The molecule has 92 valence electrons. The number of hydrogen-bond acceptors (Lipinski definition) is 4. The van der Waals surface area contributed by atoms with Gasteiger partial charge in [0, 0.05) is 17.4 Å². The highest BCUT2D eigenvalue weighted by atomic mass is 16.5. The van der Waals surface area contributed by atoms with Crippen LogP contribution in [0.25, 0.3) is 10.4 Å². The Hall–Kier alpha value is -2.51. The van der Waals surface area contributed by atoms with E-state index in [-0.39, 0.29) is 6.54 Å². The molecule has 1 rings (SSSR count). The van der Waals surface area contributed by atoms with Crippen LogP contribution in [0.4, 0.5) is 0 Å². The second-order valence-electron chi connectivity index (χ2n) is 3.56. The number of carbonyl (C=O) groups is 1. The lowest BCUT2D eigenvalue weighted by Crippen LogP contribution is -2.24. The van der Waals surface area contributed by atoms with E-state index < -0.39 is 17.8 Å². The molecule has 2 unspecified atom stereocenters. The van der Waals surface area contributed by atoms with Crippen LogP contribution in [-0.2, 0) is 9.53 Å². The predicted molar refractivity (Wildman–Crippen MR) is 64.3 cm³/mol. The normalized spacial score (nSPS) is 12.7. The van der Waals surface area contributed by atoms with Crippen molar-refractivity contribution < 1.29 is 9.53 Å². The molecule has 6 nitrogen and oxygen atoms in total. The summed E-state index contributed by atoms with van der Waals surface area (Å²) in [4.78, 5) is 14.2. The van der Waals surface area contributed by atoms with Gasteiger partial charge in [-0.25, -0.2) is 0 Å².